The number of hydrogen-bond donors (Lipinski definition) is 1. The van der Waals surface area contributed by atoms with Crippen molar-refractivity contribution in [3.05, 3.63) is 42.5 Å². The molecule has 0 amide bonds. The van der Waals surface area contributed by atoms with Gasteiger partial charge >= 0.3 is 0 Å². The van der Waals surface area contributed by atoms with Gasteiger partial charge in [-0.15, -0.1) is 0 Å². The molecular weight excluding hydrogens is 254 g/mol. The van der Waals surface area contributed by atoms with Gasteiger partial charge in [0.1, 0.15) is 5.75 Å². The van der Waals surface area contributed by atoms with Gasteiger partial charge in [0.15, 0.2) is 0 Å². The van der Waals surface area contributed by atoms with E-state index in [4.69, 9.17) is 0 Å². The lowest BCUT2D eigenvalue weighted by molar-refractivity contribution is 0.246. The standard InChI is InChI=1S/C14H17N5O/c20-13-3-2-12(17-10-13)11-18-6-8-19(9-7-18)14-15-4-1-5-16-14/h1-5,10,20H,6-9,11H2. The van der Waals surface area contributed by atoms with Gasteiger partial charge in [-0.25, -0.2) is 9.97 Å². The van der Waals surface area contributed by atoms with Crippen LogP contribution in [0.1, 0.15) is 5.69 Å². The topological polar surface area (TPSA) is 65.4 Å². The Kier molecular flexibility index (Phi) is 3.73. The van der Waals surface area contributed by atoms with E-state index in [0.717, 1.165) is 44.4 Å². The van der Waals surface area contributed by atoms with Crippen LogP contribution in [-0.4, -0.2) is 51.1 Å². The first kappa shape index (κ1) is 12.8. The van der Waals surface area contributed by atoms with E-state index in [2.05, 4.69) is 24.8 Å². The summed E-state index contributed by atoms with van der Waals surface area (Å²) >= 11 is 0. The van der Waals surface area contributed by atoms with Crippen LogP contribution >= 0.6 is 0 Å². The molecule has 1 aliphatic heterocycles. The fourth-order valence-electron chi connectivity index (χ4n) is 2.30. The number of piperazine rings is 1. The second-order valence-corrected chi connectivity index (χ2v) is 4.82. The Labute approximate surface area is 117 Å². The maximum absolute atomic E-state index is 9.23. The van der Waals surface area contributed by atoms with E-state index in [1.165, 1.54) is 6.20 Å². The molecule has 0 aliphatic carbocycles. The van der Waals surface area contributed by atoms with Crippen LogP contribution in [0.4, 0.5) is 5.95 Å². The summed E-state index contributed by atoms with van der Waals surface area (Å²) in [7, 11) is 0. The summed E-state index contributed by atoms with van der Waals surface area (Å²) in [5.74, 6) is 1.01. The van der Waals surface area contributed by atoms with Gasteiger partial charge in [0, 0.05) is 45.1 Å². The number of anilines is 1. The number of rotatable bonds is 3. The van der Waals surface area contributed by atoms with Gasteiger partial charge in [-0.2, -0.15) is 0 Å². The highest BCUT2D eigenvalue weighted by Gasteiger charge is 2.18. The molecule has 3 rings (SSSR count). The van der Waals surface area contributed by atoms with Gasteiger partial charge in [-0.1, -0.05) is 0 Å². The van der Waals surface area contributed by atoms with E-state index in [9.17, 15) is 5.11 Å². The summed E-state index contributed by atoms with van der Waals surface area (Å²) in [4.78, 5) is 17.3. The van der Waals surface area contributed by atoms with Crippen molar-refractivity contribution in [2.45, 2.75) is 6.54 Å². The van der Waals surface area contributed by atoms with Crippen LogP contribution in [-0.2, 0) is 6.54 Å². The molecule has 104 valence electrons. The van der Waals surface area contributed by atoms with Crippen molar-refractivity contribution >= 4 is 5.95 Å². The Morgan fingerprint density at radius 3 is 2.40 bits per heavy atom. The second-order valence-electron chi connectivity index (χ2n) is 4.82. The molecule has 2 aromatic rings. The third-order valence-corrected chi connectivity index (χ3v) is 3.40. The quantitative estimate of drug-likeness (QED) is 0.894. The molecule has 0 radical (unpaired) electrons. The normalized spacial score (nSPS) is 16.3. The molecule has 6 nitrogen and oxygen atoms in total. The van der Waals surface area contributed by atoms with Crippen LogP contribution in [0.5, 0.6) is 5.75 Å². The SMILES string of the molecule is Oc1ccc(CN2CCN(c3ncccn3)CC2)nc1. The molecular formula is C14H17N5O. The molecule has 1 saturated heterocycles. The number of hydrogen-bond acceptors (Lipinski definition) is 6. The lowest BCUT2D eigenvalue weighted by Crippen LogP contribution is -2.46. The molecule has 1 aliphatic rings. The minimum Gasteiger partial charge on any atom is -0.506 e. The lowest BCUT2D eigenvalue weighted by atomic mass is 10.2. The fraction of sp³-hybridized carbons (Fsp3) is 0.357. The average Bonchev–Trinajstić information content (AvgIpc) is 2.51. The summed E-state index contributed by atoms with van der Waals surface area (Å²) in [6.45, 7) is 4.57. The number of aromatic nitrogens is 3. The molecule has 0 bridgehead atoms. The summed E-state index contributed by atoms with van der Waals surface area (Å²) in [6, 6.07) is 5.37. The van der Waals surface area contributed by atoms with Gasteiger partial charge in [0.25, 0.3) is 0 Å². The van der Waals surface area contributed by atoms with Crippen molar-refractivity contribution in [3.8, 4) is 5.75 Å². The number of aromatic hydroxyl groups is 1. The third-order valence-electron chi connectivity index (χ3n) is 3.40. The zero-order chi connectivity index (χ0) is 13.8. The molecule has 0 aromatic carbocycles. The molecule has 3 heterocycles. The Hall–Kier alpha value is -2.21. The van der Waals surface area contributed by atoms with E-state index in [-0.39, 0.29) is 5.75 Å². The Bertz CT molecular complexity index is 537. The van der Waals surface area contributed by atoms with Gasteiger partial charge in [0.05, 0.1) is 11.9 Å². The highest BCUT2D eigenvalue weighted by molar-refractivity contribution is 5.29. The smallest absolute Gasteiger partial charge is 0.225 e. The van der Waals surface area contributed by atoms with Crippen LogP contribution < -0.4 is 4.90 Å². The van der Waals surface area contributed by atoms with Crippen molar-refractivity contribution < 1.29 is 5.11 Å². The minimum atomic E-state index is 0.208. The summed E-state index contributed by atoms with van der Waals surface area (Å²) in [5, 5.41) is 9.23. The summed E-state index contributed by atoms with van der Waals surface area (Å²) < 4.78 is 0. The zero-order valence-electron chi connectivity index (χ0n) is 11.2. The molecule has 1 fully saturated rings. The van der Waals surface area contributed by atoms with Crippen LogP contribution in [0.15, 0.2) is 36.8 Å². The first-order valence-electron chi connectivity index (χ1n) is 6.69. The van der Waals surface area contributed by atoms with E-state index in [1.54, 1.807) is 18.5 Å². The lowest BCUT2D eigenvalue weighted by Gasteiger charge is -2.34. The molecule has 1 N–H and O–H groups in total. The van der Waals surface area contributed by atoms with Gasteiger partial charge in [0.2, 0.25) is 5.95 Å². The maximum Gasteiger partial charge on any atom is 0.225 e. The average molecular weight is 271 g/mol. The molecule has 0 saturated carbocycles. The highest BCUT2D eigenvalue weighted by atomic mass is 16.3. The molecule has 2 aromatic heterocycles. The first-order valence-corrected chi connectivity index (χ1v) is 6.69. The fourth-order valence-corrected chi connectivity index (χ4v) is 2.30. The third kappa shape index (κ3) is 3.03. The largest absolute Gasteiger partial charge is 0.506 e. The predicted octanol–water partition coefficient (Wildman–Crippen LogP) is 0.899. The minimum absolute atomic E-state index is 0.208. The van der Waals surface area contributed by atoms with E-state index in [1.807, 2.05) is 12.1 Å². The summed E-state index contributed by atoms with van der Waals surface area (Å²) in [5.41, 5.74) is 0.979. The van der Waals surface area contributed by atoms with Crippen molar-refractivity contribution in [3.63, 3.8) is 0 Å². The van der Waals surface area contributed by atoms with Crippen LogP contribution in [0.25, 0.3) is 0 Å². The van der Waals surface area contributed by atoms with Crippen LogP contribution in [0, 0.1) is 0 Å². The molecule has 6 heteroatoms. The number of nitrogens with zero attached hydrogens (tertiary/aromatic N) is 5. The predicted molar refractivity (Wildman–Crippen MR) is 75.4 cm³/mol. The molecule has 0 spiro atoms. The zero-order valence-corrected chi connectivity index (χ0v) is 11.2. The Morgan fingerprint density at radius 1 is 1.00 bits per heavy atom. The molecule has 20 heavy (non-hydrogen) atoms. The molecule has 0 atom stereocenters. The monoisotopic (exact) mass is 271 g/mol. The first-order chi connectivity index (χ1) is 9.81. The van der Waals surface area contributed by atoms with Crippen LogP contribution in [0.3, 0.4) is 0 Å². The van der Waals surface area contributed by atoms with E-state index < -0.39 is 0 Å². The Morgan fingerprint density at radius 2 is 1.75 bits per heavy atom. The Balaban J connectivity index is 1.55. The van der Waals surface area contributed by atoms with Gasteiger partial charge < -0.3 is 10.0 Å². The summed E-state index contributed by atoms with van der Waals surface area (Å²) in [6.07, 6.45) is 5.04. The van der Waals surface area contributed by atoms with Crippen molar-refractivity contribution in [2.24, 2.45) is 0 Å². The maximum atomic E-state index is 9.23. The van der Waals surface area contributed by atoms with E-state index >= 15 is 0 Å². The van der Waals surface area contributed by atoms with Crippen molar-refractivity contribution in [1.82, 2.24) is 19.9 Å². The number of pyridine rings is 1. The van der Waals surface area contributed by atoms with Gasteiger partial charge in [-0.05, 0) is 18.2 Å². The molecule has 0 unspecified atom stereocenters. The van der Waals surface area contributed by atoms with Gasteiger partial charge in [-0.3, -0.25) is 9.88 Å². The van der Waals surface area contributed by atoms with Crippen LogP contribution in [0.2, 0.25) is 0 Å². The highest BCUT2D eigenvalue weighted by Crippen LogP contribution is 2.12. The second kappa shape index (κ2) is 5.83. The van der Waals surface area contributed by atoms with Crippen molar-refractivity contribution in [2.75, 3.05) is 31.1 Å². The van der Waals surface area contributed by atoms with Crippen molar-refractivity contribution in [1.29, 1.82) is 0 Å². The van der Waals surface area contributed by atoms with E-state index in [0.29, 0.717) is 0 Å².